The summed E-state index contributed by atoms with van der Waals surface area (Å²) in [7, 11) is 0. The Morgan fingerprint density at radius 2 is 1.46 bits per heavy atom. The molecule has 2 aromatic rings. The molecule has 0 aliphatic carbocycles. The smallest absolute Gasteiger partial charge is 0.269 e. The predicted octanol–water partition coefficient (Wildman–Crippen LogP) is 1.47. The zero-order chi connectivity index (χ0) is 19.9. The van der Waals surface area contributed by atoms with Crippen LogP contribution in [0.2, 0.25) is 0 Å². The molecule has 1 aliphatic rings. The Morgan fingerprint density at radius 3 is 2.07 bits per heavy atom. The summed E-state index contributed by atoms with van der Waals surface area (Å²) in [5, 5.41) is 0. The van der Waals surface area contributed by atoms with Crippen LogP contribution in [-0.4, -0.2) is 55.2 Å². The number of rotatable bonds is 5. The normalized spacial score (nSPS) is 14.4. The van der Waals surface area contributed by atoms with E-state index in [1.165, 1.54) is 0 Å². The van der Waals surface area contributed by atoms with Gasteiger partial charge in [-0.25, -0.2) is 0 Å². The summed E-state index contributed by atoms with van der Waals surface area (Å²) in [4.78, 5) is 39.7. The summed E-state index contributed by atoms with van der Waals surface area (Å²) in [5.74, 6) is -0.530. The molecule has 2 amide bonds. The van der Waals surface area contributed by atoms with Gasteiger partial charge in [0.15, 0.2) is 5.78 Å². The summed E-state index contributed by atoms with van der Waals surface area (Å²) < 4.78 is 0. The van der Waals surface area contributed by atoms with Crippen LogP contribution in [0.3, 0.4) is 0 Å². The van der Waals surface area contributed by atoms with Gasteiger partial charge in [-0.2, -0.15) is 0 Å². The molecule has 2 N–H and O–H groups in total. The van der Waals surface area contributed by atoms with E-state index in [4.69, 9.17) is 0 Å². The van der Waals surface area contributed by atoms with Gasteiger partial charge in [0, 0.05) is 43.0 Å². The lowest BCUT2D eigenvalue weighted by Crippen LogP contribution is -2.52. The van der Waals surface area contributed by atoms with Crippen LogP contribution in [0.4, 0.5) is 5.69 Å². The number of amides is 2. The number of hydrazine groups is 1. The van der Waals surface area contributed by atoms with Gasteiger partial charge in [0.2, 0.25) is 0 Å². The Labute approximate surface area is 164 Å². The molecule has 0 aromatic heterocycles. The average molecular weight is 380 g/mol. The van der Waals surface area contributed by atoms with Crippen molar-refractivity contribution < 1.29 is 14.4 Å². The highest BCUT2D eigenvalue weighted by Gasteiger charge is 2.19. The van der Waals surface area contributed by atoms with E-state index in [0.29, 0.717) is 11.1 Å². The lowest BCUT2D eigenvalue weighted by atomic mass is 10.1. The second kappa shape index (κ2) is 9.14. The molecular weight excluding hydrogens is 356 g/mol. The highest BCUT2D eigenvalue weighted by molar-refractivity contribution is 5.95. The number of carbonyl (C=O) groups excluding carboxylic acids is 3. The first kappa shape index (κ1) is 19.6. The fraction of sp³-hybridized carbons (Fsp3) is 0.286. The van der Waals surface area contributed by atoms with Crippen molar-refractivity contribution in [2.75, 3.05) is 37.6 Å². The van der Waals surface area contributed by atoms with Crippen LogP contribution in [0.25, 0.3) is 0 Å². The van der Waals surface area contributed by atoms with Crippen LogP contribution in [0.1, 0.15) is 27.6 Å². The molecule has 0 unspecified atom stereocenters. The van der Waals surface area contributed by atoms with E-state index in [9.17, 15) is 14.4 Å². The number of nitrogens with zero attached hydrogens (tertiary/aromatic N) is 2. The predicted molar refractivity (Wildman–Crippen MR) is 107 cm³/mol. The summed E-state index contributed by atoms with van der Waals surface area (Å²) in [6.07, 6.45) is 0. The van der Waals surface area contributed by atoms with E-state index >= 15 is 0 Å². The maximum atomic E-state index is 12.1. The molecular formula is C21H24N4O3. The van der Waals surface area contributed by atoms with Crippen LogP contribution in [-0.2, 0) is 4.79 Å². The molecule has 0 atom stereocenters. The molecule has 146 valence electrons. The third-order valence-corrected chi connectivity index (χ3v) is 4.73. The van der Waals surface area contributed by atoms with Crippen molar-refractivity contribution in [1.82, 2.24) is 15.8 Å². The number of Topliss-reactive ketones (excluding diaryl/α,β-unsaturated/α-hetero) is 1. The van der Waals surface area contributed by atoms with Crippen LogP contribution < -0.4 is 15.8 Å². The molecule has 28 heavy (non-hydrogen) atoms. The third kappa shape index (κ3) is 5.17. The number of benzene rings is 2. The highest BCUT2D eigenvalue weighted by atomic mass is 16.2. The maximum Gasteiger partial charge on any atom is 0.269 e. The fourth-order valence-corrected chi connectivity index (χ4v) is 3.10. The van der Waals surface area contributed by atoms with Crippen LogP contribution in [0.5, 0.6) is 0 Å². The average Bonchev–Trinajstić information content (AvgIpc) is 2.73. The van der Waals surface area contributed by atoms with Crippen molar-refractivity contribution in [3.8, 4) is 0 Å². The van der Waals surface area contributed by atoms with E-state index in [0.717, 1.165) is 31.9 Å². The lowest BCUT2D eigenvalue weighted by molar-refractivity contribution is -0.123. The summed E-state index contributed by atoms with van der Waals surface area (Å²) in [6, 6.07) is 16.3. The molecule has 2 aromatic carbocycles. The van der Waals surface area contributed by atoms with Gasteiger partial charge < -0.3 is 4.90 Å². The first-order valence-corrected chi connectivity index (χ1v) is 9.25. The van der Waals surface area contributed by atoms with E-state index < -0.39 is 0 Å². The molecule has 0 spiro atoms. The van der Waals surface area contributed by atoms with Crippen LogP contribution >= 0.6 is 0 Å². The molecule has 1 saturated heterocycles. The number of piperazine rings is 1. The number of ketones is 1. The maximum absolute atomic E-state index is 12.1. The van der Waals surface area contributed by atoms with Crippen molar-refractivity contribution >= 4 is 23.3 Å². The Bertz CT molecular complexity index is 828. The van der Waals surface area contributed by atoms with Gasteiger partial charge in [0.05, 0.1) is 6.54 Å². The van der Waals surface area contributed by atoms with Gasteiger partial charge in [-0.3, -0.25) is 30.1 Å². The summed E-state index contributed by atoms with van der Waals surface area (Å²) in [5.41, 5.74) is 7.17. The SMILES string of the molecule is CC(=O)c1ccc(N2CCN(CC(=O)NNC(=O)c3ccccc3)CC2)cc1. The van der Waals surface area contributed by atoms with Gasteiger partial charge in [-0.15, -0.1) is 0 Å². The molecule has 0 bridgehead atoms. The van der Waals surface area contributed by atoms with E-state index in [1.54, 1.807) is 31.2 Å². The first-order chi connectivity index (χ1) is 13.5. The number of hydrogen-bond donors (Lipinski definition) is 2. The fourth-order valence-electron chi connectivity index (χ4n) is 3.10. The van der Waals surface area contributed by atoms with Gasteiger partial charge in [0.1, 0.15) is 0 Å². The second-order valence-electron chi connectivity index (χ2n) is 6.73. The minimum Gasteiger partial charge on any atom is -0.369 e. The Morgan fingerprint density at radius 1 is 0.821 bits per heavy atom. The number of carbonyl (C=O) groups is 3. The Balaban J connectivity index is 1.42. The van der Waals surface area contributed by atoms with Crippen LogP contribution in [0.15, 0.2) is 54.6 Å². The third-order valence-electron chi connectivity index (χ3n) is 4.73. The highest BCUT2D eigenvalue weighted by Crippen LogP contribution is 2.17. The molecule has 1 aliphatic heterocycles. The zero-order valence-electron chi connectivity index (χ0n) is 15.9. The van der Waals surface area contributed by atoms with Gasteiger partial charge >= 0.3 is 0 Å². The summed E-state index contributed by atoms with van der Waals surface area (Å²) in [6.45, 7) is 4.86. The molecule has 7 heteroatoms. The van der Waals surface area contributed by atoms with Crippen LogP contribution in [0, 0.1) is 0 Å². The van der Waals surface area contributed by atoms with Gasteiger partial charge in [0.25, 0.3) is 11.8 Å². The molecule has 1 fully saturated rings. The monoisotopic (exact) mass is 380 g/mol. The van der Waals surface area contributed by atoms with Crippen molar-refractivity contribution in [1.29, 1.82) is 0 Å². The summed E-state index contributed by atoms with van der Waals surface area (Å²) >= 11 is 0. The first-order valence-electron chi connectivity index (χ1n) is 9.25. The van der Waals surface area contributed by atoms with Gasteiger partial charge in [-0.05, 0) is 43.3 Å². The molecule has 7 nitrogen and oxygen atoms in total. The van der Waals surface area contributed by atoms with E-state index in [1.807, 2.05) is 35.2 Å². The van der Waals surface area contributed by atoms with E-state index in [-0.39, 0.29) is 24.1 Å². The second-order valence-corrected chi connectivity index (χ2v) is 6.73. The number of hydrogen-bond acceptors (Lipinski definition) is 5. The van der Waals surface area contributed by atoms with Crippen molar-refractivity contribution in [3.05, 3.63) is 65.7 Å². The lowest BCUT2D eigenvalue weighted by Gasteiger charge is -2.35. The largest absolute Gasteiger partial charge is 0.369 e. The molecule has 1 heterocycles. The standard InChI is InChI=1S/C21H24N4O3/c1-16(26)17-7-9-19(10-8-17)25-13-11-24(12-14-25)15-20(27)22-23-21(28)18-5-3-2-4-6-18/h2-10H,11-15H2,1H3,(H,22,27)(H,23,28). The quantitative estimate of drug-likeness (QED) is 0.606. The Hall–Kier alpha value is -3.19. The zero-order valence-corrected chi connectivity index (χ0v) is 15.9. The Kier molecular flexibility index (Phi) is 6.39. The van der Waals surface area contributed by atoms with Crippen molar-refractivity contribution in [2.45, 2.75) is 6.92 Å². The van der Waals surface area contributed by atoms with Crippen molar-refractivity contribution in [3.63, 3.8) is 0 Å². The van der Waals surface area contributed by atoms with Crippen molar-refractivity contribution in [2.24, 2.45) is 0 Å². The molecule has 0 radical (unpaired) electrons. The number of nitrogens with one attached hydrogen (secondary N) is 2. The topological polar surface area (TPSA) is 81.8 Å². The molecule has 0 saturated carbocycles. The molecule has 3 rings (SSSR count). The number of anilines is 1. The minimum absolute atomic E-state index is 0.0572. The van der Waals surface area contributed by atoms with Gasteiger partial charge in [-0.1, -0.05) is 18.2 Å². The van der Waals surface area contributed by atoms with E-state index in [2.05, 4.69) is 15.8 Å². The minimum atomic E-state index is -0.340.